The fourth-order valence-corrected chi connectivity index (χ4v) is 3.20. The Labute approximate surface area is 168 Å². The topological polar surface area (TPSA) is 90.8 Å². The fraction of sp³-hybridized carbons (Fsp3) is 0.182. The third kappa shape index (κ3) is 3.86. The van der Waals surface area contributed by atoms with E-state index in [9.17, 15) is 5.26 Å². The molecule has 2 aromatic carbocycles. The molecule has 1 aliphatic rings. The lowest BCUT2D eigenvalue weighted by Crippen LogP contribution is -2.38. The van der Waals surface area contributed by atoms with Gasteiger partial charge in [-0.25, -0.2) is 0 Å². The van der Waals surface area contributed by atoms with E-state index < -0.39 is 0 Å². The summed E-state index contributed by atoms with van der Waals surface area (Å²) < 4.78 is 7.36. The van der Waals surface area contributed by atoms with Crippen molar-refractivity contribution in [3.63, 3.8) is 0 Å². The van der Waals surface area contributed by atoms with Crippen LogP contribution in [0.5, 0.6) is 0 Å². The SMILES string of the molecule is N#C/C(=C/c1ccc(C#N)cc1)c1nnc(N2CCOCC2)n1-c1ccccc1. The Kier molecular flexibility index (Phi) is 5.33. The number of para-hydroxylation sites is 1. The highest BCUT2D eigenvalue weighted by molar-refractivity contribution is 5.88. The summed E-state index contributed by atoms with van der Waals surface area (Å²) in [5, 5.41) is 27.6. The van der Waals surface area contributed by atoms with Gasteiger partial charge in [0.1, 0.15) is 6.07 Å². The minimum atomic E-state index is 0.394. The highest BCUT2D eigenvalue weighted by Crippen LogP contribution is 2.26. The van der Waals surface area contributed by atoms with Crippen molar-refractivity contribution in [2.45, 2.75) is 0 Å². The highest BCUT2D eigenvalue weighted by atomic mass is 16.5. The third-order valence-corrected chi connectivity index (χ3v) is 4.67. The summed E-state index contributed by atoms with van der Waals surface area (Å²) in [6.07, 6.45) is 1.76. The van der Waals surface area contributed by atoms with Gasteiger partial charge in [-0.3, -0.25) is 4.57 Å². The van der Waals surface area contributed by atoms with Gasteiger partial charge in [0.15, 0.2) is 5.82 Å². The van der Waals surface area contributed by atoms with Gasteiger partial charge in [-0.05, 0) is 35.9 Å². The third-order valence-electron chi connectivity index (χ3n) is 4.67. The molecule has 1 saturated heterocycles. The molecule has 7 heteroatoms. The molecule has 0 bridgehead atoms. The van der Waals surface area contributed by atoms with Crippen molar-refractivity contribution in [3.05, 3.63) is 71.5 Å². The Morgan fingerprint density at radius 3 is 2.34 bits per heavy atom. The second-order valence-corrected chi connectivity index (χ2v) is 6.50. The van der Waals surface area contributed by atoms with Crippen molar-refractivity contribution >= 4 is 17.6 Å². The molecule has 0 atom stereocenters. The van der Waals surface area contributed by atoms with Gasteiger partial charge >= 0.3 is 0 Å². The molecule has 142 valence electrons. The average molecular weight is 382 g/mol. The van der Waals surface area contributed by atoms with Crippen LogP contribution in [0.15, 0.2) is 54.6 Å². The number of benzene rings is 2. The van der Waals surface area contributed by atoms with E-state index in [0.29, 0.717) is 49.2 Å². The Morgan fingerprint density at radius 1 is 0.966 bits per heavy atom. The predicted molar refractivity (Wildman–Crippen MR) is 109 cm³/mol. The number of aromatic nitrogens is 3. The maximum Gasteiger partial charge on any atom is 0.232 e. The quantitative estimate of drug-likeness (QED) is 0.644. The second-order valence-electron chi connectivity index (χ2n) is 6.50. The first-order chi connectivity index (χ1) is 14.3. The van der Waals surface area contributed by atoms with Crippen LogP contribution in [-0.4, -0.2) is 41.1 Å². The number of nitriles is 2. The van der Waals surface area contributed by atoms with Crippen LogP contribution in [0.3, 0.4) is 0 Å². The van der Waals surface area contributed by atoms with Crippen molar-refractivity contribution in [1.29, 1.82) is 10.5 Å². The number of nitrogens with zero attached hydrogens (tertiary/aromatic N) is 6. The molecule has 0 N–H and O–H groups in total. The standard InChI is InChI=1S/C22H18N6O/c23-15-18-8-6-17(7-9-18)14-19(16-24)21-25-26-22(27-10-12-29-13-11-27)28(21)20-4-2-1-3-5-20/h1-9,14H,10-13H2/b19-14-. The van der Waals surface area contributed by atoms with Crippen LogP contribution in [0.2, 0.25) is 0 Å². The first-order valence-corrected chi connectivity index (χ1v) is 9.26. The number of anilines is 1. The van der Waals surface area contributed by atoms with Gasteiger partial charge in [0.25, 0.3) is 0 Å². The number of ether oxygens (including phenoxy) is 1. The second kappa shape index (κ2) is 8.39. The van der Waals surface area contributed by atoms with Crippen LogP contribution in [0.4, 0.5) is 5.95 Å². The van der Waals surface area contributed by atoms with Crippen LogP contribution in [0.25, 0.3) is 17.3 Å². The molecule has 0 unspecified atom stereocenters. The molecule has 1 aliphatic heterocycles. The van der Waals surface area contributed by atoms with E-state index >= 15 is 0 Å². The van der Waals surface area contributed by atoms with Crippen molar-refractivity contribution in [3.8, 4) is 17.8 Å². The Hall–Kier alpha value is -3.94. The van der Waals surface area contributed by atoms with Crippen LogP contribution >= 0.6 is 0 Å². The van der Waals surface area contributed by atoms with Gasteiger partial charge in [0, 0.05) is 13.1 Å². The van der Waals surface area contributed by atoms with E-state index in [4.69, 9.17) is 10.00 Å². The molecule has 2 heterocycles. The maximum atomic E-state index is 9.85. The van der Waals surface area contributed by atoms with Crippen molar-refractivity contribution in [2.24, 2.45) is 0 Å². The zero-order chi connectivity index (χ0) is 20.1. The van der Waals surface area contributed by atoms with Gasteiger partial charge in [-0.2, -0.15) is 10.5 Å². The molecule has 0 radical (unpaired) electrons. The summed E-state index contributed by atoms with van der Waals surface area (Å²) in [6, 6.07) is 21.2. The van der Waals surface area contributed by atoms with E-state index in [1.165, 1.54) is 0 Å². The predicted octanol–water partition coefficient (Wildman–Crippen LogP) is 3.04. The number of morpholine rings is 1. The van der Waals surface area contributed by atoms with E-state index in [0.717, 1.165) is 11.3 Å². The Balaban J connectivity index is 1.81. The van der Waals surface area contributed by atoms with Crippen molar-refractivity contribution < 1.29 is 4.74 Å². The monoisotopic (exact) mass is 382 g/mol. The van der Waals surface area contributed by atoms with Gasteiger partial charge in [-0.15, -0.1) is 10.2 Å². The Bertz CT molecular complexity index is 1100. The van der Waals surface area contributed by atoms with Gasteiger partial charge < -0.3 is 9.64 Å². The zero-order valence-electron chi connectivity index (χ0n) is 15.7. The largest absolute Gasteiger partial charge is 0.378 e. The smallest absolute Gasteiger partial charge is 0.232 e. The molecular formula is C22H18N6O. The van der Waals surface area contributed by atoms with Crippen LogP contribution in [0.1, 0.15) is 17.0 Å². The summed E-state index contributed by atoms with van der Waals surface area (Å²) in [7, 11) is 0. The van der Waals surface area contributed by atoms with Crippen LogP contribution < -0.4 is 4.90 Å². The highest BCUT2D eigenvalue weighted by Gasteiger charge is 2.23. The normalized spacial score (nSPS) is 14.3. The summed E-state index contributed by atoms with van der Waals surface area (Å²) in [5.74, 6) is 1.17. The summed E-state index contributed by atoms with van der Waals surface area (Å²) in [6.45, 7) is 2.69. The van der Waals surface area contributed by atoms with Crippen LogP contribution in [-0.2, 0) is 4.74 Å². The number of hydrogen-bond donors (Lipinski definition) is 0. The van der Waals surface area contributed by atoms with Crippen LogP contribution in [0, 0.1) is 22.7 Å². The minimum Gasteiger partial charge on any atom is -0.378 e. The molecule has 0 saturated carbocycles. The van der Waals surface area contributed by atoms with Crippen molar-refractivity contribution in [2.75, 3.05) is 31.2 Å². The molecule has 0 aliphatic carbocycles. The first-order valence-electron chi connectivity index (χ1n) is 9.26. The molecule has 1 fully saturated rings. The van der Waals surface area contributed by atoms with E-state index in [1.54, 1.807) is 18.2 Å². The molecule has 7 nitrogen and oxygen atoms in total. The molecule has 1 aromatic heterocycles. The summed E-state index contributed by atoms with van der Waals surface area (Å²) in [5.41, 5.74) is 2.67. The summed E-state index contributed by atoms with van der Waals surface area (Å²) in [4.78, 5) is 2.11. The average Bonchev–Trinajstić information content (AvgIpc) is 3.24. The minimum absolute atomic E-state index is 0.394. The molecule has 0 spiro atoms. The molecule has 3 aromatic rings. The molecule has 0 amide bonds. The molecule has 29 heavy (non-hydrogen) atoms. The van der Waals surface area contributed by atoms with Gasteiger partial charge in [0.2, 0.25) is 5.95 Å². The fourth-order valence-electron chi connectivity index (χ4n) is 3.20. The van der Waals surface area contributed by atoms with E-state index in [-0.39, 0.29) is 0 Å². The summed E-state index contributed by atoms with van der Waals surface area (Å²) >= 11 is 0. The van der Waals surface area contributed by atoms with Crippen molar-refractivity contribution in [1.82, 2.24) is 14.8 Å². The Morgan fingerprint density at radius 2 is 1.69 bits per heavy atom. The lowest BCUT2D eigenvalue weighted by molar-refractivity contribution is 0.122. The maximum absolute atomic E-state index is 9.85. The lowest BCUT2D eigenvalue weighted by atomic mass is 10.1. The lowest BCUT2D eigenvalue weighted by Gasteiger charge is -2.28. The number of allylic oxidation sites excluding steroid dienone is 1. The van der Waals surface area contributed by atoms with E-state index in [1.807, 2.05) is 47.0 Å². The zero-order valence-corrected chi connectivity index (χ0v) is 15.7. The van der Waals surface area contributed by atoms with Gasteiger partial charge in [-0.1, -0.05) is 30.3 Å². The molecule has 4 rings (SSSR count). The van der Waals surface area contributed by atoms with Gasteiger partial charge in [0.05, 0.1) is 36.1 Å². The number of hydrogen-bond acceptors (Lipinski definition) is 6. The number of rotatable bonds is 4. The molecular weight excluding hydrogens is 364 g/mol. The van der Waals surface area contributed by atoms with E-state index in [2.05, 4.69) is 27.2 Å². The first kappa shape index (κ1) is 18.4.